The Morgan fingerprint density at radius 2 is 2.05 bits per heavy atom. The van der Waals surface area contributed by atoms with Crippen molar-refractivity contribution in [3.8, 4) is 5.75 Å². The molecule has 0 fully saturated rings. The lowest BCUT2D eigenvalue weighted by molar-refractivity contribution is 0.102. The maximum absolute atomic E-state index is 13.7. The van der Waals surface area contributed by atoms with Gasteiger partial charge in [0.1, 0.15) is 17.1 Å². The van der Waals surface area contributed by atoms with Crippen LogP contribution >= 0.6 is 0 Å². The number of benzene rings is 2. The molecule has 2 aromatic rings. The van der Waals surface area contributed by atoms with Crippen molar-refractivity contribution in [1.82, 2.24) is 0 Å². The van der Waals surface area contributed by atoms with Gasteiger partial charge in [0.15, 0.2) is 0 Å². The molecule has 0 aromatic heterocycles. The first-order valence-electron chi connectivity index (χ1n) is 6.03. The van der Waals surface area contributed by atoms with E-state index in [1.165, 1.54) is 19.2 Å². The van der Waals surface area contributed by atoms with Crippen molar-refractivity contribution in [2.45, 2.75) is 6.92 Å². The molecule has 3 N–H and O–H groups in total. The van der Waals surface area contributed by atoms with E-state index in [2.05, 4.69) is 5.32 Å². The van der Waals surface area contributed by atoms with Gasteiger partial charge in [-0.05, 0) is 36.8 Å². The lowest BCUT2D eigenvalue weighted by atomic mass is 10.1. The molecule has 2 aromatic carbocycles. The van der Waals surface area contributed by atoms with Crippen molar-refractivity contribution in [2.75, 3.05) is 18.2 Å². The van der Waals surface area contributed by atoms with Crippen LogP contribution in [0.1, 0.15) is 15.9 Å². The van der Waals surface area contributed by atoms with Gasteiger partial charge in [0.05, 0.1) is 12.8 Å². The molecule has 0 aliphatic rings. The summed E-state index contributed by atoms with van der Waals surface area (Å²) in [6.07, 6.45) is 0. The van der Waals surface area contributed by atoms with Crippen molar-refractivity contribution < 1.29 is 13.9 Å². The minimum Gasteiger partial charge on any atom is -0.496 e. The number of hydrogen-bond acceptors (Lipinski definition) is 3. The van der Waals surface area contributed by atoms with Crippen molar-refractivity contribution in [3.63, 3.8) is 0 Å². The van der Waals surface area contributed by atoms with E-state index in [1.54, 1.807) is 31.2 Å². The van der Waals surface area contributed by atoms with Crippen LogP contribution in [0.4, 0.5) is 15.8 Å². The standard InChI is InChI=1S/C15H15FN2O2/c1-9-6-7-12(10(16)8-9)18-15(19)14-11(17)4-3-5-13(14)20-2/h3-8H,17H2,1-2H3,(H,18,19). The van der Waals surface area contributed by atoms with Crippen molar-refractivity contribution in [2.24, 2.45) is 0 Å². The molecule has 5 heteroatoms. The summed E-state index contributed by atoms with van der Waals surface area (Å²) in [6, 6.07) is 9.46. The van der Waals surface area contributed by atoms with Crippen LogP contribution in [-0.4, -0.2) is 13.0 Å². The van der Waals surface area contributed by atoms with Crippen molar-refractivity contribution in [3.05, 3.63) is 53.3 Å². The number of anilines is 2. The number of carbonyl (C=O) groups excluding carboxylic acids is 1. The van der Waals surface area contributed by atoms with Gasteiger partial charge in [0.2, 0.25) is 0 Å². The summed E-state index contributed by atoms with van der Waals surface area (Å²) in [5, 5.41) is 2.50. The molecule has 4 nitrogen and oxygen atoms in total. The Morgan fingerprint density at radius 1 is 1.30 bits per heavy atom. The first-order chi connectivity index (χ1) is 9.52. The van der Waals surface area contributed by atoms with E-state index >= 15 is 0 Å². The van der Waals surface area contributed by atoms with E-state index in [0.29, 0.717) is 5.75 Å². The Labute approximate surface area is 116 Å². The summed E-state index contributed by atoms with van der Waals surface area (Å²) in [4.78, 5) is 12.2. The molecule has 0 bridgehead atoms. The van der Waals surface area contributed by atoms with Gasteiger partial charge in [-0.15, -0.1) is 0 Å². The molecule has 0 saturated heterocycles. The third kappa shape index (κ3) is 2.71. The maximum atomic E-state index is 13.7. The average molecular weight is 274 g/mol. The molecule has 104 valence electrons. The second-order valence-corrected chi connectivity index (χ2v) is 4.36. The molecular formula is C15H15FN2O2. The summed E-state index contributed by atoms with van der Waals surface area (Å²) in [6.45, 7) is 1.77. The lowest BCUT2D eigenvalue weighted by Crippen LogP contribution is -2.16. The third-order valence-corrected chi connectivity index (χ3v) is 2.88. The molecule has 0 atom stereocenters. The van der Waals surface area contributed by atoms with E-state index in [1.807, 2.05) is 0 Å². The van der Waals surface area contributed by atoms with Crippen molar-refractivity contribution >= 4 is 17.3 Å². The van der Waals surface area contributed by atoms with Crippen LogP contribution in [0.15, 0.2) is 36.4 Å². The molecule has 0 heterocycles. The average Bonchev–Trinajstić information content (AvgIpc) is 2.41. The number of hydrogen-bond donors (Lipinski definition) is 2. The predicted octanol–water partition coefficient (Wildman–Crippen LogP) is 2.98. The van der Waals surface area contributed by atoms with E-state index in [4.69, 9.17) is 10.5 Å². The number of methoxy groups -OCH3 is 1. The molecule has 20 heavy (non-hydrogen) atoms. The Bertz CT molecular complexity index is 656. The smallest absolute Gasteiger partial charge is 0.261 e. The summed E-state index contributed by atoms with van der Waals surface area (Å²) < 4.78 is 18.8. The molecule has 1 amide bonds. The van der Waals surface area contributed by atoms with Gasteiger partial charge in [-0.25, -0.2) is 4.39 Å². The third-order valence-electron chi connectivity index (χ3n) is 2.88. The van der Waals surface area contributed by atoms with Gasteiger partial charge in [0, 0.05) is 5.69 Å². The number of aryl methyl sites for hydroxylation is 1. The van der Waals surface area contributed by atoms with Crippen molar-refractivity contribution in [1.29, 1.82) is 0 Å². The highest BCUT2D eigenvalue weighted by molar-refractivity contribution is 6.09. The summed E-state index contributed by atoms with van der Waals surface area (Å²) in [5.74, 6) is -0.662. The zero-order valence-corrected chi connectivity index (χ0v) is 11.2. The lowest BCUT2D eigenvalue weighted by Gasteiger charge is -2.12. The highest BCUT2D eigenvalue weighted by Gasteiger charge is 2.17. The minimum absolute atomic E-state index is 0.103. The molecular weight excluding hydrogens is 259 g/mol. The van der Waals surface area contributed by atoms with Gasteiger partial charge in [-0.1, -0.05) is 12.1 Å². The Kier molecular flexibility index (Phi) is 3.89. The molecule has 0 saturated carbocycles. The number of carbonyl (C=O) groups is 1. The maximum Gasteiger partial charge on any atom is 0.261 e. The predicted molar refractivity (Wildman–Crippen MR) is 76.5 cm³/mol. The number of amides is 1. The molecule has 0 radical (unpaired) electrons. The molecule has 0 unspecified atom stereocenters. The highest BCUT2D eigenvalue weighted by atomic mass is 19.1. The van der Waals surface area contributed by atoms with E-state index in [0.717, 1.165) is 5.56 Å². The number of ether oxygens (including phenoxy) is 1. The van der Waals surface area contributed by atoms with Gasteiger partial charge in [-0.3, -0.25) is 4.79 Å². The second-order valence-electron chi connectivity index (χ2n) is 4.36. The fourth-order valence-corrected chi connectivity index (χ4v) is 1.87. The summed E-state index contributed by atoms with van der Waals surface area (Å²) in [7, 11) is 1.44. The van der Waals surface area contributed by atoms with E-state index in [-0.39, 0.29) is 16.9 Å². The van der Waals surface area contributed by atoms with E-state index in [9.17, 15) is 9.18 Å². The summed E-state index contributed by atoms with van der Waals surface area (Å²) in [5.41, 5.74) is 7.12. The molecule has 0 spiro atoms. The normalized spacial score (nSPS) is 10.2. The van der Waals surface area contributed by atoms with Gasteiger partial charge in [0.25, 0.3) is 5.91 Å². The van der Waals surface area contributed by atoms with Crippen LogP contribution < -0.4 is 15.8 Å². The fourth-order valence-electron chi connectivity index (χ4n) is 1.87. The second kappa shape index (κ2) is 5.61. The first kappa shape index (κ1) is 13.9. The number of nitrogens with one attached hydrogen (secondary N) is 1. The van der Waals surface area contributed by atoms with E-state index < -0.39 is 11.7 Å². The summed E-state index contributed by atoms with van der Waals surface area (Å²) >= 11 is 0. The number of nitrogens with two attached hydrogens (primary N) is 1. The highest BCUT2D eigenvalue weighted by Crippen LogP contribution is 2.26. The number of nitrogen functional groups attached to an aromatic ring is 1. The fraction of sp³-hybridized carbons (Fsp3) is 0.133. The van der Waals surface area contributed by atoms with Crippen LogP contribution in [0, 0.1) is 12.7 Å². The molecule has 0 aliphatic heterocycles. The topological polar surface area (TPSA) is 64.3 Å². The largest absolute Gasteiger partial charge is 0.496 e. The van der Waals surface area contributed by atoms with Crippen LogP contribution in [-0.2, 0) is 0 Å². The van der Waals surface area contributed by atoms with Crippen LogP contribution in [0.5, 0.6) is 5.75 Å². The SMILES string of the molecule is COc1cccc(N)c1C(=O)Nc1ccc(C)cc1F. The van der Waals surface area contributed by atoms with Crippen LogP contribution in [0.3, 0.4) is 0 Å². The number of rotatable bonds is 3. The Hall–Kier alpha value is -2.56. The first-order valence-corrected chi connectivity index (χ1v) is 6.03. The zero-order chi connectivity index (χ0) is 14.7. The van der Waals surface area contributed by atoms with Crippen LogP contribution in [0.25, 0.3) is 0 Å². The Balaban J connectivity index is 2.33. The Morgan fingerprint density at radius 3 is 2.70 bits per heavy atom. The zero-order valence-electron chi connectivity index (χ0n) is 11.2. The number of halogens is 1. The van der Waals surface area contributed by atoms with Gasteiger partial charge in [-0.2, -0.15) is 0 Å². The van der Waals surface area contributed by atoms with Gasteiger partial charge < -0.3 is 15.8 Å². The minimum atomic E-state index is -0.511. The molecule has 0 aliphatic carbocycles. The van der Waals surface area contributed by atoms with Crippen LogP contribution in [0.2, 0.25) is 0 Å². The quantitative estimate of drug-likeness (QED) is 0.846. The molecule has 2 rings (SSSR count). The van der Waals surface area contributed by atoms with Gasteiger partial charge >= 0.3 is 0 Å². The monoisotopic (exact) mass is 274 g/mol.